The van der Waals surface area contributed by atoms with Crippen LogP contribution in [0.3, 0.4) is 0 Å². The van der Waals surface area contributed by atoms with Crippen LogP contribution in [0.5, 0.6) is 0 Å². The minimum Gasteiger partial charge on any atom is -0.373 e. The van der Waals surface area contributed by atoms with E-state index < -0.39 is 8.07 Å². The molecule has 0 saturated heterocycles. The first-order valence-electron chi connectivity index (χ1n) is 17.2. The number of benzene rings is 5. The fraction of sp³-hybridized carbons (Fsp3) is 0.302. The summed E-state index contributed by atoms with van der Waals surface area (Å²) in [5.74, 6) is 1.17. The van der Waals surface area contributed by atoms with Crippen LogP contribution < -0.4 is 15.6 Å². The Morgan fingerprint density at radius 2 is 1.02 bits per heavy atom. The average Bonchev–Trinajstić information content (AvgIpc) is 3.13. The summed E-state index contributed by atoms with van der Waals surface area (Å²) in [7, 11) is -2.33. The standard InChI is InChI=1S/C43H48OSi/c1-7-20-36(21-8-1)22-19-34-44-43(38-25-11-3-12-26-38)42(37-23-9-2-10-24-37)33-35-45(39-27-13-4-14-28-39,40-29-15-5-16-30-40)41-31-17-6-18-32-41/h1,3-8,11-18,20-21,25-32,37,42-43H,2,9-10,19,22-24,33-35H2. The van der Waals surface area contributed by atoms with E-state index in [9.17, 15) is 0 Å². The lowest BCUT2D eigenvalue weighted by atomic mass is 9.74. The van der Waals surface area contributed by atoms with Crippen LogP contribution in [0.25, 0.3) is 0 Å². The molecule has 5 aromatic carbocycles. The molecule has 1 nitrogen and oxygen atoms in total. The molecule has 2 atom stereocenters. The monoisotopic (exact) mass is 608 g/mol. The molecular weight excluding hydrogens is 561 g/mol. The number of ether oxygens (including phenoxy) is 1. The minimum atomic E-state index is -2.33. The predicted octanol–water partition coefficient (Wildman–Crippen LogP) is 9.13. The van der Waals surface area contributed by atoms with Crippen molar-refractivity contribution in [2.75, 3.05) is 6.61 Å². The van der Waals surface area contributed by atoms with Gasteiger partial charge in [0, 0.05) is 6.61 Å². The Kier molecular flexibility index (Phi) is 11.1. The first-order valence-corrected chi connectivity index (χ1v) is 19.4. The Hall–Kier alpha value is -3.72. The highest BCUT2D eigenvalue weighted by Gasteiger charge is 2.41. The van der Waals surface area contributed by atoms with Crippen LogP contribution in [0.1, 0.15) is 62.2 Å². The van der Waals surface area contributed by atoms with Crippen molar-refractivity contribution in [1.29, 1.82) is 0 Å². The van der Waals surface area contributed by atoms with Gasteiger partial charge in [0.25, 0.3) is 0 Å². The van der Waals surface area contributed by atoms with E-state index in [1.807, 2.05) is 0 Å². The molecule has 0 aromatic heterocycles. The summed E-state index contributed by atoms with van der Waals surface area (Å²) in [5.41, 5.74) is 2.74. The van der Waals surface area contributed by atoms with E-state index in [4.69, 9.17) is 4.74 Å². The minimum absolute atomic E-state index is 0.110. The summed E-state index contributed by atoms with van der Waals surface area (Å²) >= 11 is 0. The molecular formula is C43H48OSi. The molecule has 5 aromatic rings. The van der Waals surface area contributed by atoms with Crippen molar-refractivity contribution in [2.45, 2.75) is 63.5 Å². The summed E-state index contributed by atoms with van der Waals surface area (Å²) in [6, 6.07) is 57.5. The van der Waals surface area contributed by atoms with E-state index in [2.05, 4.69) is 152 Å². The highest BCUT2D eigenvalue weighted by molar-refractivity contribution is 7.11. The zero-order valence-electron chi connectivity index (χ0n) is 26.6. The molecule has 0 amide bonds. The second-order valence-electron chi connectivity index (χ2n) is 12.9. The molecule has 0 bridgehead atoms. The van der Waals surface area contributed by atoms with Crippen LogP contribution in [-0.4, -0.2) is 14.7 Å². The van der Waals surface area contributed by atoms with Crippen molar-refractivity contribution in [2.24, 2.45) is 11.8 Å². The van der Waals surface area contributed by atoms with Crippen LogP contribution in [0, 0.1) is 11.8 Å². The molecule has 230 valence electrons. The normalized spacial score (nSPS) is 15.4. The topological polar surface area (TPSA) is 9.23 Å². The van der Waals surface area contributed by atoms with Crippen LogP contribution in [0.2, 0.25) is 6.04 Å². The molecule has 0 heterocycles. The first kappa shape index (κ1) is 31.3. The summed E-state index contributed by atoms with van der Waals surface area (Å²) < 4.78 is 7.06. The van der Waals surface area contributed by atoms with Gasteiger partial charge in [0.1, 0.15) is 8.07 Å². The second kappa shape index (κ2) is 16.0. The summed E-state index contributed by atoms with van der Waals surface area (Å²) in [5, 5.41) is 4.51. The van der Waals surface area contributed by atoms with Crippen molar-refractivity contribution in [3.05, 3.63) is 163 Å². The maximum absolute atomic E-state index is 7.06. The largest absolute Gasteiger partial charge is 0.373 e. The lowest BCUT2D eigenvalue weighted by molar-refractivity contribution is -0.0185. The third kappa shape index (κ3) is 7.75. The number of rotatable bonds is 14. The van der Waals surface area contributed by atoms with Gasteiger partial charge in [-0.2, -0.15) is 0 Å². The third-order valence-corrected chi connectivity index (χ3v) is 15.2. The van der Waals surface area contributed by atoms with Gasteiger partial charge in [-0.1, -0.05) is 184 Å². The van der Waals surface area contributed by atoms with Crippen LogP contribution >= 0.6 is 0 Å². The average molecular weight is 609 g/mol. The third-order valence-electron chi connectivity index (χ3n) is 10.2. The fourth-order valence-corrected chi connectivity index (χ4v) is 12.8. The van der Waals surface area contributed by atoms with Gasteiger partial charge in [-0.25, -0.2) is 0 Å². The van der Waals surface area contributed by atoms with Crippen LogP contribution in [-0.2, 0) is 11.2 Å². The summed E-state index contributed by atoms with van der Waals surface area (Å²) in [4.78, 5) is 0. The van der Waals surface area contributed by atoms with E-state index in [1.54, 1.807) is 0 Å². The van der Waals surface area contributed by atoms with Crippen molar-refractivity contribution >= 4 is 23.6 Å². The molecule has 0 aliphatic heterocycles. The lowest BCUT2D eigenvalue weighted by Crippen LogP contribution is -2.67. The van der Waals surface area contributed by atoms with E-state index in [0.29, 0.717) is 11.8 Å². The lowest BCUT2D eigenvalue weighted by Gasteiger charge is -2.40. The van der Waals surface area contributed by atoms with Gasteiger partial charge >= 0.3 is 0 Å². The molecule has 0 radical (unpaired) electrons. The number of hydrogen-bond acceptors (Lipinski definition) is 1. The Labute approximate surface area is 272 Å². The van der Waals surface area contributed by atoms with Gasteiger partial charge < -0.3 is 4.74 Å². The molecule has 45 heavy (non-hydrogen) atoms. The smallest absolute Gasteiger partial charge is 0.148 e. The van der Waals surface area contributed by atoms with E-state index >= 15 is 0 Å². The number of aryl methyl sites for hydroxylation is 1. The van der Waals surface area contributed by atoms with Crippen LogP contribution in [0.15, 0.2) is 152 Å². The molecule has 1 fully saturated rings. The quantitative estimate of drug-likeness (QED) is 0.0694. The van der Waals surface area contributed by atoms with E-state index in [1.165, 1.54) is 64.8 Å². The zero-order valence-corrected chi connectivity index (χ0v) is 27.6. The zero-order chi connectivity index (χ0) is 30.6. The molecule has 0 spiro atoms. The second-order valence-corrected chi connectivity index (χ2v) is 16.9. The van der Waals surface area contributed by atoms with Gasteiger partial charge in [0.2, 0.25) is 0 Å². The Bertz CT molecular complexity index is 1420. The molecule has 1 saturated carbocycles. The summed E-state index contributed by atoms with van der Waals surface area (Å²) in [6.07, 6.45) is 10.1. The van der Waals surface area contributed by atoms with Gasteiger partial charge in [-0.3, -0.25) is 0 Å². The van der Waals surface area contributed by atoms with Crippen molar-refractivity contribution < 1.29 is 4.74 Å². The Balaban J connectivity index is 1.36. The van der Waals surface area contributed by atoms with Gasteiger partial charge in [0.15, 0.2) is 0 Å². The van der Waals surface area contributed by atoms with Gasteiger partial charge in [-0.15, -0.1) is 0 Å². The molecule has 0 N–H and O–H groups in total. The Morgan fingerprint density at radius 3 is 1.53 bits per heavy atom. The van der Waals surface area contributed by atoms with Gasteiger partial charge in [-0.05, 0) is 63.8 Å². The van der Waals surface area contributed by atoms with Crippen molar-refractivity contribution in [3.63, 3.8) is 0 Å². The number of hydrogen-bond donors (Lipinski definition) is 0. The highest BCUT2D eigenvalue weighted by Crippen LogP contribution is 2.42. The van der Waals surface area contributed by atoms with Crippen LogP contribution in [0.4, 0.5) is 0 Å². The Morgan fingerprint density at radius 1 is 0.556 bits per heavy atom. The van der Waals surface area contributed by atoms with E-state index in [-0.39, 0.29) is 6.10 Å². The van der Waals surface area contributed by atoms with Crippen molar-refractivity contribution in [3.8, 4) is 0 Å². The van der Waals surface area contributed by atoms with Gasteiger partial charge in [0.05, 0.1) is 6.10 Å². The molecule has 2 unspecified atom stereocenters. The highest BCUT2D eigenvalue weighted by atomic mass is 28.3. The molecule has 6 rings (SSSR count). The SMILES string of the molecule is c1ccc(CCCOC(c2ccccc2)C(CC[Si](c2ccccc2)(c2ccccc2)c2ccccc2)C2CCCCC2)cc1. The van der Waals surface area contributed by atoms with Crippen molar-refractivity contribution in [1.82, 2.24) is 0 Å². The molecule has 1 aliphatic rings. The summed E-state index contributed by atoms with van der Waals surface area (Å²) in [6.45, 7) is 0.788. The predicted molar refractivity (Wildman–Crippen MR) is 193 cm³/mol. The molecule has 2 heteroatoms. The fourth-order valence-electron chi connectivity index (χ4n) is 7.92. The first-order chi connectivity index (χ1) is 22.3. The van der Waals surface area contributed by atoms with E-state index in [0.717, 1.165) is 25.9 Å². The maximum Gasteiger partial charge on any atom is 0.148 e. The maximum atomic E-state index is 7.06. The molecule has 1 aliphatic carbocycles.